The van der Waals surface area contributed by atoms with Crippen molar-refractivity contribution in [1.82, 2.24) is 4.90 Å². The quantitative estimate of drug-likeness (QED) is 0.680. The van der Waals surface area contributed by atoms with E-state index in [1.807, 2.05) is 11.8 Å². The van der Waals surface area contributed by atoms with Crippen molar-refractivity contribution in [2.45, 2.75) is 31.4 Å². The van der Waals surface area contributed by atoms with Gasteiger partial charge in [-0.25, -0.2) is 0 Å². The van der Waals surface area contributed by atoms with Gasteiger partial charge >= 0.3 is 0 Å². The maximum absolute atomic E-state index is 12.2. The molecule has 1 aliphatic heterocycles. The van der Waals surface area contributed by atoms with E-state index in [1.54, 1.807) is 0 Å². The molecule has 2 saturated carbocycles. The lowest BCUT2D eigenvalue weighted by Crippen LogP contribution is -2.43. The first-order chi connectivity index (χ1) is 7.24. The summed E-state index contributed by atoms with van der Waals surface area (Å²) in [4.78, 5) is 14.4. The molecule has 2 nitrogen and oxygen atoms in total. The third-order valence-corrected chi connectivity index (χ3v) is 5.28. The van der Waals surface area contributed by atoms with Gasteiger partial charge in [0.05, 0.1) is 0 Å². The summed E-state index contributed by atoms with van der Waals surface area (Å²) < 4.78 is 0. The third kappa shape index (κ3) is 1.91. The number of carbonyl (C=O) groups is 1. The number of hydrogen-bond donors (Lipinski definition) is 0. The monoisotopic (exact) mass is 225 g/mol. The largest absolute Gasteiger partial charge is 0.341 e. The Kier molecular flexibility index (Phi) is 2.46. The van der Waals surface area contributed by atoms with Gasteiger partial charge in [-0.2, -0.15) is 11.8 Å². The van der Waals surface area contributed by atoms with E-state index in [2.05, 4.69) is 11.8 Å². The van der Waals surface area contributed by atoms with Crippen molar-refractivity contribution in [3.8, 4) is 0 Å². The molecule has 0 bridgehead atoms. The van der Waals surface area contributed by atoms with Crippen LogP contribution in [0.5, 0.6) is 0 Å². The molecule has 3 rings (SSSR count). The van der Waals surface area contributed by atoms with Crippen LogP contribution in [-0.2, 0) is 4.79 Å². The van der Waals surface area contributed by atoms with Crippen LogP contribution in [0.3, 0.4) is 0 Å². The summed E-state index contributed by atoms with van der Waals surface area (Å²) in [6, 6.07) is 0. The Hall–Kier alpha value is -0.180. The standard InChI is InChI=1S/C12H19NOS/c1-8-7-13(2-3-15-8)12(14)11-5-9-4-10(9)6-11/h8-11H,2-7H2,1H3. The van der Waals surface area contributed by atoms with Crippen molar-refractivity contribution >= 4 is 17.7 Å². The second-order valence-electron chi connectivity index (χ2n) is 5.39. The average Bonchev–Trinajstić information content (AvgIpc) is 2.85. The lowest BCUT2D eigenvalue weighted by molar-refractivity contribution is -0.135. The van der Waals surface area contributed by atoms with Gasteiger partial charge in [0.15, 0.2) is 0 Å². The normalized spacial score (nSPS) is 43.9. The van der Waals surface area contributed by atoms with E-state index < -0.39 is 0 Å². The predicted octanol–water partition coefficient (Wildman–Crippen LogP) is 2.00. The number of hydrogen-bond acceptors (Lipinski definition) is 2. The Morgan fingerprint density at radius 3 is 2.67 bits per heavy atom. The lowest BCUT2D eigenvalue weighted by Gasteiger charge is -2.32. The molecule has 3 atom stereocenters. The first-order valence-corrected chi connectivity index (χ1v) is 7.19. The molecule has 3 fully saturated rings. The van der Waals surface area contributed by atoms with Crippen LogP contribution >= 0.6 is 11.8 Å². The zero-order valence-corrected chi connectivity index (χ0v) is 10.1. The van der Waals surface area contributed by atoms with Crippen LogP contribution in [-0.4, -0.2) is 34.9 Å². The summed E-state index contributed by atoms with van der Waals surface area (Å²) in [5, 5.41) is 0.638. The highest BCUT2D eigenvalue weighted by molar-refractivity contribution is 7.99. The average molecular weight is 225 g/mol. The van der Waals surface area contributed by atoms with E-state index >= 15 is 0 Å². The maximum atomic E-state index is 12.2. The number of thioether (sulfide) groups is 1. The second-order valence-corrected chi connectivity index (χ2v) is 6.94. The van der Waals surface area contributed by atoms with Gasteiger partial charge in [-0.3, -0.25) is 4.79 Å². The molecule has 1 heterocycles. The van der Waals surface area contributed by atoms with E-state index in [4.69, 9.17) is 0 Å². The first kappa shape index (κ1) is 10.0. The lowest BCUT2D eigenvalue weighted by atomic mass is 10.0. The Labute approximate surface area is 95.8 Å². The Morgan fingerprint density at radius 1 is 1.27 bits per heavy atom. The molecular formula is C12H19NOS. The van der Waals surface area contributed by atoms with E-state index in [-0.39, 0.29) is 0 Å². The van der Waals surface area contributed by atoms with Crippen molar-refractivity contribution in [1.29, 1.82) is 0 Å². The smallest absolute Gasteiger partial charge is 0.225 e. The molecule has 0 spiro atoms. The minimum absolute atomic E-state index is 0.393. The molecule has 3 heteroatoms. The topological polar surface area (TPSA) is 20.3 Å². The van der Waals surface area contributed by atoms with Crippen LogP contribution in [0.25, 0.3) is 0 Å². The summed E-state index contributed by atoms with van der Waals surface area (Å²) in [5.41, 5.74) is 0. The molecular weight excluding hydrogens is 206 g/mol. The number of rotatable bonds is 1. The fraction of sp³-hybridized carbons (Fsp3) is 0.917. The third-order valence-electron chi connectivity index (χ3n) is 4.15. The van der Waals surface area contributed by atoms with Gasteiger partial charge in [0.1, 0.15) is 0 Å². The molecule has 2 aliphatic carbocycles. The second kappa shape index (κ2) is 3.69. The van der Waals surface area contributed by atoms with Gasteiger partial charge < -0.3 is 4.90 Å². The molecule has 84 valence electrons. The van der Waals surface area contributed by atoms with Gasteiger partial charge in [0.25, 0.3) is 0 Å². The van der Waals surface area contributed by atoms with Crippen LogP contribution in [0.4, 0.5) is 0 Å². The fourth-order valence-corrected chi connectivity index (χ4v) is 4.21. The molecule has 0 aromatic heterocycles. The van der Waals surface area contributed by atoms with Crippen molar-refractivity contribution < 1.29 is 4.79 Å². The van der Waals surface area contributed by atoms with Crippen molar-refractivity contribution in [3.63, 3.8) is 0 Å². The summed E-state index contributed by atoms with van der Waals surface area (Å²) in [6.07, 6.45) is 3.80. The van der Waals surface area contributed by atoms with Gasteiger partial charge in [-0.05, 0) is 31.1 Å². The number of carbonyl (C=O) groups excluding carboxylic acids is 1. The highest BCUT2D eigenvalue weighted by atomic mass is 32.2. The fourth-order valence-electron chi connectivity index (χ4n) is 3.19. The minimum Gasteiger partial charge on any atom is -0.341 e. The number of amides is 1. The molecule has 0 N–H and O–H groups in total. The van der Waals surface area contributed by atoms with Gasteiger partial charge in [-0.15, -0.1) is 0 Å². The van der Waals surface area contributed by atoms with E-state index in [9.17, 15) is 4.79 Å². The number of nitrogens with zero attached hydrogens (tertiary/aromatic N) is 1. The zero-order chi connectivity index (χ0) is 10.4. The molecule has 1 amide bonds. The van der Waals surface area contributed by atoms with Gasteiger partial charge in [-0.1, -0.05) is 6.92 Å². The Bertz CT molecular complexity index is 271. The van der Waals surface area contributed by atoms with E-state index in [0.717, 1.165) is 30.7 Å². The summed E-state index contributed by atoms with van der Waals surface area (Å²) >= 11 is 2.00. The zero-order valence-electron chi connectivity index (χ0n) is 9.32. The predicted molar refractivity (Wildman–Crippen MR) is 62.8 cm³/mol. The Morgan fingerprint density at radius 2 is 2.00 bits per heavy atom. The summed E-state index contributed by atoms with van der Waals surface area (Å²) in [7, 11) is 0. The van der Waals surface area contributed by atoms with Crippen LogP contribution in [0.2, 0.25) is 0 Å². The highest BCUT2D eigenvalue weighted by Crippen LogP contribution is 2.54. The number of fused-ring (bicyclic) bond motifs is 1. The SMILES string of the molecule is CC1CN(C(=O)C2CC3CC3C2)CCS1. The van der Waals surface area contributed by atoms with Gasteiger partial charge in [0, 0.05) is 30.0 Å². The molecule has 3 aliphatic rings. The highest BCUT2D eigenvalue weighted by Gasteiger charge is 2.48. The molecule has 0 radical (unpaired) electrons. The van der Waals surface area contributed by atoms with Crippen LogP contribution in [0, 0.1) is 17.8 Å². The van der Waals surface area contributed by atoms with E-state index in [1.165, 1.54) is 19.3 Å². The molecule has 0 aromatic carbocycles. The van der Waals surface area contributed by atoms with Crippen molar-refractivity contribution in [3.05, 3.63) is 0 Å². The Balaban J connectivity index is 1.59. The molecule has 0 aromatic rings. The molecule has 3 unspecified atom stereocenters. The molecule has 15 heavy (non-hydrogen) atoms. The van der Waals surface area contributed by atoms with Crippen LogP contribution in [0.1, 0.15) is 26.2 Å². The van der Waals surface area contributed by atoms with Crippen LogP contribution in [0.15, 0.2) is 0 Å². The first-order valence-electron chi connectivity index (χ1n) is 6.14. The molecule has 1 saturated heterocycles. The van der Waals surface area contributed by atoms with Gasteiger partial charge in [0.2, 0.25) is 5.91 Å². The summed E-state index contributed by atoms with van der Waals surface area (Å²) in [5.74, 6) is 3.84. The maximum Gasteiger partial charge on any atom is 0.225 e. The van der Waals surface area contributed by atoms with Crippen molar-refractivity contribution in [2.75, 3.05) is 18.8 Å². The van der Waals surface area contributed by atoms with Crippen molar-refractivity contribution in [2.24, 2.45) is 17.8 Å². The van der Waals surface area contributed by atoms with E-state index in [0.29, 0.717) is 17.1 Å². The minimum atomic E-state index is 0.393. The van der Waals surface area contributed by atoms with Crippen LogP contribution < -0.4 is 0 Å². The summed E-state index contributed by atoms with van der Waals surface area (Å²) in [6.45, 7) is 4.20.